The van der Waals surface area contributed by atoms with Crippen LogP contribution in [-0.4, -0.2) is 42.2 Å². The first kappa shape index (κ1) is 18.7. The monoisotopic (exact) mass is 384 g/mol. The maximum absolute atomic E-state index is 8.82. The van der Waals surface area contributed by atoms with Crippen LogP contribution in [0.2, 0.25) is 0 Å². The molecule has 0 bridgehead atoms. The number of hydrogen-bond donors (Lipinski definition) is 2. The highest BCUT2D eigenvalue weighted by molar-refractivity contribution is 7.12. The quantitative estimate of drug-likeness (QED) is 0.350. The molecule has 0 radical (unpaired) electrons. The van der Waals surface area contributed by atoms with Crippen LogP contribution in [0.1, 0.15) is 10.4 Å². The Hall–Kier alpha value is -3.13. The fourth-order valence-electron chi connectivity index (χ4n) is 2.56. The van der Waals surface area contributed by atoms with E-state index in [0.717, 1.165) is 22.6 Å². The predicted octanol–water partition coefficient (Wildman–Crippen LogP) is 3.69. The summed E-state index contributed by atoms with van der Waals surface area (Å²) in [6, 6.07) is 12.0. The smallest absolute Gasteiger partial charge is 0.318 e. The lowest BCUT2D eigenvalue weighted by molar-refractivity contribution is 0.322. The van der Waals surface area contributed by atoms with E-state index in [4.69, 9.17) is 14.7 Å². The van der Waals surface area contributed by atoms with Gasteiger partial charge in [0.25, 0.3) is 0 Å². The molecular weight excluding hydrogens is 364 g/mol. The second kappa shape index (κ2) is 9.00. The Morgan fingerprint density at radius 3 is 2.67 bits per heavy atom. The second-order valence-corrected chi connectivity index (χ2v) is 6.54. The number of rotatable bonds is 8. The summed E-state index contributed by atoms with van der Waals surface area (Å²) >= 11 is 1.47. The Bertz CT molecular complexity index is 910. The molecule has 1 aromatic carbocycles. The highest BCUT2D eigenvalue weighted by atomic mass is 32.1. The van der Waals surface area contributed by atoms with E-state index in [-0.39, 0.29) is 6.01 Å². The van der Waals surface area contributed by atoms with Crippen molar-refractivity contribution in [1.82, 2.24) is 9.97 Å². The van der Waals surface area contributed by atoms with Crippen molar-refractivity contribution < 1.29 is 14.7 Å². The van der Waals surface area contributed by atoms with Crippen molar-refractivity contribution in [2.45, 2.75) is 6.42 Å². The molecule has 3 aromatic rings. The first-order chi connectivity index (χ1) is 13.2. The van der Waals surface area contributed by atoms with Crippen molar-refractivity contribution in [2.24, 2.45) is 5.16 Å². The van der Waals surface area contributed by atoms with E-state index in [1.165, 1.54) is 30.2 Å². The molecule has 27 heavy (non-hydrogen) atoms. The number of hydrogen-bond acceptors (Lipinski definition) is 8. The van der Waals surface area contributed by atoms with Gasteiger partial charge in [0, 0.05) is 18.2 Å². The van der Waals surface area contributed by atoms with Gasteiger partial charge in [-0.25, -0.2) is 0 Å². The van der Waals surface area contributed by atoms with E-state index < -0.39 is 0 Å². The Morgan fingerprint density at radius 1 is 1.15 bits per heavy atom. The molecule has 7 nitrogen and oxygen atoms in total. The Morgan fingerprint density at radius 2 is 1.96 bits per heavy atom. The van der Waals surface area contributed by atoms with E-state index in [1.54, 1.807) is 7.11 Å². The molecule has 0 aliphatic carbocycles. The van der Waals surface area contributed by atoms with Gasteiger partial charge in [-0.2, -0.15) is 9.97 Å². The molecule has 0 fully saturated rings. The summed E-state index contributed by atoms with van der Waals surface area (Å²) in [6.45, 7) is 0.709. The number of benzene rings is 1. The number of ether oxygens (including phenoxy) is 2. The minimum Gasteiger partial charge on any atom is -0.497 e. The molecule has 0 aliphatic rings. The Kier molecular flexibility index (Phi) is 6.22. The Balaban J connectivity index is 1.74. The summed E-state index contributed by atoms with van der Waals surface area (Å²) < 4.78 is 10.4. The molecule has 0 unspecified atom stereocenters. The molecule has 0 amide bonds. The van der Waals surface area contributed by atoms with E-state index in [1.807, 2.05) is 41.8 Å². The summed E-state index contributed by atoms with van der Waals surface area (Å²) in [4.78, 5) is 9.56. The van der Waals surface area contributed by atoms with Gasteiger partial charge < -0.3 is 20.0 Å². The van der Waals surface area contributed by atoms with Crippen molar-refractivity contribution in [3.63, 3.8) is 0 Å². The molecule has 3 rings (SSSR count). The molecule has 0 atom stereocenters. The third kappa shape index (κ3) is 4.73. The van der Waals surface area contributed by atoms with Crippen LogP contribution in [0.4, 0.5) is 5.82 Å². The maximum atomic E-state index is 8.82. The van der Waals surface area contributed by atoms with Crippen LogP contribution in [0.3, 0.4) is 0 Å². The average Bonchev–Trinajstić information content (AvgIpc) is 3.17. The SMILES string of the molecule is COc1ccc(CCNc2cc(-c3ccsc3C=NO)nc(OC)n2)cc1. The van der Waals surface area contributed by atoms with Gasteiger partial charge in [-0.05, 0) is 35.6 Å². The maximum Gasteiger partial charge on any atom is 0.318 e. The zero-order valence-corrected chi connectivity index (χ0v) is 15.9. The minimum atomic E-state index is 0.275. The lowest BCUT2D eigenvalue weighted by Gasteiger charge is -2.10. The standard InChI is InChI=1S/C19H20N4O3S/c1-25-14-5-3-13(4-6-14)7-9-20-18-11-16(22-19(23-18)26-2)15-8-10-27-17(15)12-21-24/h3-6,8,10-12,24H,7,9H2,1-2H3,(H,20,22,23). The van der Waals surface area contributed by atoms with Crippen LogP contribution in [-0.2, 0) is 6.42 Å². The first-order valence-corrected chi connectivity index (χ1v) is 9.16. The fraction of sp³-hybridized carbons (Fsp3) is 0.211. The van der Waals surface area contributed by atoms with Gasteiger partial charge in [0.1, 0.15) is 11.6 Å². The number of aromatic nitrogens is 2. The predicted molar refractivity (Wildman–Crippen MR) is 106 cm³/mol. The van der Waals surface area contributed by atoms with Gasteiger partial charge in [0.2, 0.25) is 0 Å². The molecule has 2 N–H and O–H groups in total. The van der Waals surface area contributed by atoms with Crippen LogP contribution in [0.25, 0.3) is 11.3 Å². The molecule has 2 aromatic heterocycles. The molecule has 8 heteroatoms. The van der Waals surface area contributed by atoms with Gasteiger partial charge in [-0.15, -0.1) is 11.3 Å². The number of nitrogens with one attached hydrogen (secondary N) is 1. The summed E-state index contributed by atoms with van der Waals surface area (Å²) in [5, 5.41) is 17.2. The zero-order valence-electron chi connectivity index (χ0n) is 15.0. The van der Waals surface area contributed by atoms with E-state index >= 15 is 0 Å². The van der Waals surface area contributed by atoms with Crippen LogP contribution < -0.4 is 14.8 Å². The fourth-order valence-corrected chi connectivity index (χ4v) is 3.32. The van der Waals surface area contributed by atoms with Crippen molar-refractivity contribution in [3.05, 3.63) is 52.2 Å². The highest BCUT2D eigenvalue weighted by Gasteiger charge is 2.11. The third-order valence-electron chi connectivity index (χ3n) is 3.91. The second-order valence-electron chi connectivity index (χ2n) is 5.59. The minimum absolute atomic E-state index is 0.275. The summed E-state index contributed by atoms with van der Waals surface area (Å²) in [5.41, 5.74) is 2.76. The number of thiophene rings is 1. The summed E-state index contributed by atoms with van der Waals surface area (Å²) in [5.74, 6) is 1.51. The van der Waals surface area contributed by atoms with Crippen molar-refractivity contribution in [1.29, 1.82) is 0 Å². The lowest BCUT2D eigenvalue weighted by Crippen LogP contribution is -2.08. The molecule has 140 valence electrons. The summed E-state index contributed by atoms with van der Waals surface area (Å²) in [7, 11) is 3.19. The van der Waals surface area contributed by atoms with E-state index in [2.05, 4.69) is 20.4 Å². The van der Waals surface area contributed by atoms with Crippen molar-refractivity contribution >= 4 is 23.4 Å². The normalized spacial score (nSPS) is 10.9. The lowest BCUT2D eigenvalue weighted by atomic mass is 10.1. The van der Waals surface area contributed by atoms with Crippen LogP contribution >= 0.6 is 11.3 Å². The van der Waals surface area contributed by atoms with E-state index in [0.29, 0.717) is 18.1 Å². The van der Waals surface area contributed by atoms with Gasteiger partial charge in [0.15, 0.2) is 0 Å². The third-order valence-corrected chi connectivity index (χ3v) is 4.76. The number of methoxy groups -OCH3 is 2. The topological polar surface area (TPSA) is 88.9 Å². The van der Waals surface area contributed by atoms with Crippen LogP contribution in [0.5, 0.6) is 11.8 Å². The number of nitrogens with zero attached hydrogens (tertiary/aromatic N) is 3. The van der Waals surface area contributed by atoms with Gasteiger partial charge in [-0.1, -0.05) is 17.3 Å². The van der Waals surface area contributed by atoms with Crippen molar-refractivity contribution in [3.8, 4) is 23.0 Å². The van der Waals surface area contributed by atoms with Crippen molar-refractivity contribution in [2.75, 3.05) is 26.1 Å². The number of anilines is 1. The van der Waals surface area contributed by atoms with Gasteiger partial charge >= 0.3 is 6.01 Å². The van der Waals surface area contributed by atoms with Crippen LogP contribution in [0.15, 0.2) is 46.9 Å². The molecule has 0 saturated heterocycles. The molecule has 0 saturated carbocycles. The number of oxime groups is 1. The Labute approximate surface area is 161 Å². The summed E-state index contributed by atoms with van der Waals surface area (Å²) in [6.07, 6.45) is 2.23. The molecule has 2 heterocycles. The molecular formula is C19H20N4O3S. The first-order valence-electron chi connectivity index (χ1n) is 8.28. The largest absolute Gasteiger partial charge is 0.497 e. The molecule has 0 spiro atoms. The van der Waals surface area contributed by atoms with Crippen LogP contribution in [0, 0.1) is 0 Å². The highest BCUT2D eigenvalue weighted by Crippen LogP contribution is 2.28. The molecule has 0 aliphatic heterocycles. The van der Waals surface area contributed by atoms with Gasteiger partial charge in [-0.3, -0.25) is 0 Å². The van der Waals surface area contributed by atoms with Gasteiger partial charge in [0.05, 0.1) is 31.0 Å². The van der Waals surface area contributed by atoms with E-state index in [9.17, 15) is 0 Å². The zero-order chi connectivity index (χ0) is 19.1. The average molecular weight is 384 g/mol.